The van der Waals surface area contributed by atoms with Crippen LogP contribution in [0.1, 0.15) is 69.9 Å². The second-order valence-electron chi connectivity index (χ2n) is 14.8. The summed E-state index contributed by atoms with van der Waals surface area (Å²) >= 11 is 6.88. The fraction of sp³-hybridized carbons (Fsp3) is 0.538. The summed E-state index contributed by atoms with van der Waals surface area (Å²) in [4.78, 5) is 17.0. The van der Waals surface area contributed by atoms with Crippen molar-refractivity contribution in [2.24, 2.45) is 0 Å². The number of rotatable bonds is 10. The molecule has 4 unspecified atom stereocenters. The molecule has 1 aromatic heterocycles. The number of aryl methyl sites for hydroxylation is 1. The Bertz CT molecular complexity index is 1790. The first-order valence-electron chi connectivity index (χ1n) is 18.0. The van der Waals surface area contributed by atoms with E-state index in [0.29, 0.717) is 64.5 Å². The van der Waals surface area contributed by atoms with Crippen molar-refractivity contribution in [2.75, 3.05) is 51.8 Å². The first kappa shape index (κ1) is 34.3. The van der Waals surface area contributed by atoms with Gasteiger partial charge < -0.3 is 19.9 Å². The number of hydrogen-bond donors (Lipinski definition) is 1. The van der Waals surface area contributed by atoms with Gasteiger partial charge >= 0.3 is 6.01 Å². The summed E-state index contributed by atoms with van der Waals surface area (Å²) in [6.45, 7) is 8.00. The third-order valence-electron chi connectivity index (χ3n) is 11.2. The molecule has 1 aliphatic carbocycles. The lowest BCUT2D eigenvalue weighted by atomic mass is 9.95. The van der Waals surface area contributed by atoms with E-state index in [1.807, 2.05) is 44.2 Å². The van der Waals surface area contributed by atoms with E-state index in [0.717, 1.165) is 76.1 Å². The summed E-state index contributed by atoms with van der Waals surface area (Å²) in [5.41, 5.74) is 2.53. The van der Waals surface area contributed by atoms with Crippen LogP contribution in [0.25, 0.3) is 18.0 Å². The average molecular weight is 691 g/mol. The minimum atomic E-state index is -0.467. The monoisotopic (exact) mass is 690 g/mol. The van der Waals surface area contributed by atoms with E-state index >= 15 is 4.39 Å². The predicted octanol–water partition coefficient (Wildman–Crippen LogP) is 5.47. The Morgan fingerprint density at radius 2 is 1.94 bits per heavy atom. The molecule has 1 N–H and O–H groups in total. The highest BCUT2D eigenvalue weighted by Gasteiger charge is 2.50. The second-order valence-corrected chi connectivity index (χ2v) is 15.3. The molecule has 1 aromatic carbocycles. The molecule has 7 rings (SSSR count). The normalized spacial score (nSPS) is 27.3. The number of likely N-dealkylation sites (N-methyl/N-ethyl adjacent to an activating group) is 1. The molecule has 0 spiro atoms. The minimum Gasteiger partial charge on any atom is -0.461 e. The molecular weight excluding hydrogens is 642 g/mol. The van der Waals surface area contributed by atoms with Gasteiger partial charge in [-0.2, -0.15) is 9.97 Å². The van der Waals surface area contributed by atoms with Gasteiger partial charge in [0.1, 0.15) is 23.6 Å². The molecule has 0 amide bonds. The van der Waals surface area contributed by atoms with Crippen molar-refractivity contribution in [2.45, 2.75) is 88.9 Å². The quantitative estimate of drug-likeness (QED) is 0.332. The molecule has 4 aliphatic heterocycles. The lowest BCUT2D eigenvalue weighted by Gasteiger charge is -2.36. The van der Waals surface area contributed by atoms with Crippen molar-refractivity contribution in [1.82, 2.24) is 25.1 Å². The zero-order valence-corrected chi connectivity index (χ0v) is 30.0. The summed E-state index contributed by atoms with van der Waals surface area (Å²) in [5, 5.41) is 5.03. The third-order valence-corrected chi connectivity index (χ3v) is 11.5. The largest absolute Gasteiger partial charge is 0.461 e. The minimum absolute atomic E-state index is 0.0397. The summed E-state index contributed by atoms with van der Waals surface area (Å²) in [5.74, 6) is 0.0511. The number of nitrogens with zero attached hydrogens (tertiary/aromatic N) is 5. The van der Waals surface area contributed by atoms with Crippen LogP contribution in [0.2, 0.25) is 0 Å². The van der Waals surface area contributed by atoms with E-state index in [4.69, 9.17) is 26.3 Å². The van der Waals surface area contributed by atoms with E-state index in [1.165, 1.54) is 6.07 Å². The van der Waals surface area contributed by atoms with E-state index < -0.39 is 5.83 Å². The zero-order valence-electron chi connectivity index (χ0n) is 29.2. The third kappa shape index (κ3) is 6.96. The van der Waals surface area contributed by atoms with Gasteiger partial charge in [-0.05, 0) is 101 Å². The SMILES string of the molecule is CCc1cc(/C=C\C=C(/C)C2=C(Cl)CC=c3c(N4CC5CCC(C4)N5)nc(OCC45CCCN4C(CN(C)C)CC5)nc3=C2F)ccc1F. The van der Waals surface area contributed by atoms with Crippen molar-refractivity contribution < 1.29 is 13.5 Å². The fourth-order valence-corrected chi connectivity index (χ4v) is 9.08. The van der Waals surface area contributed by atoms with Crippen molar-refractivity contribution in [3.63, 3.8) is 0 Å². The predicted molar refractivity (Wildman–Crippen MR) is 194 cm³/mol. The van der Waals surface area contributed by atoms with E-state index in [-0.39, 0.29) is 22.7 Å². The van der Waals surface area contributed by atoms with Crippen LogP contribution in [0.3, 0.4) is 0 Å². The molecule has 4 fully saturated rings. The Hall–Kier alpha value is -3.11. The lowest BCUT2D eigenvalue weighted by molar-refractivity contribution is 0.0765. The van der Waals surface area contributed by atoms with E-state index in [1.54, 1.807) is 6.07 Å². The summed E-state index contributed by atoms with van der Waals surface area (Å²) in [7, 11) is 4.27. The van der Waals surface area contributed by atoms with Gasteiger partial charge in [0.05, 0.1) is 5.54 Å². The van der Waals surface area contributed by atoms with Crippen LogP contribution in [0.15, 0.2) is 46.5 Å². The van der Waals surface area contributed by atoms with Crippen LogP contribution < -0.4 is 25.5 Å². The van der Waals surface area contributed by atoms with Gasteiger partial charge in [-0.25, -0.2) is 8.78 Å². The molecule has 7 nitrogen and oxygen atoms in total. The summed E-state index contributed by atoms with van der Waals surface area (Å²) in [6.07, 6.45) is 15.3. The number of allylic oxidation sites excluding steroid dienone is 5. The number of benzene rings is 1. The number of piperazine rings is 1. The van der Waals surface area contributed by atoms with Crippen molar-refractivity contribution in [3.8, 4) is 6.01 Å². The van der Waals surface area contributed by atoms with Gasteiger partial charge in [-0.3, -0.25) is 4.90 Å². The Morgan fingerprint density at radius 3 is 2.69 bits per heavy atom. The molecule has 4 atom stereocenters. The van der Waals surface area contributed by atoms with Gasteiger partial charge in [0, 0.05) is 60.0 Å². The highest BCUT2D eigenvalue weighted by atomic mass is 35.5. The van der Waals surface area contributed by atoms with Gasteiger partial charge in [0.2, 0.25) is 0 Å². The van der Waals surface area contributed by atoms with Crippen LogP contribution in [0, 0.1) is 5.82 Å². The van der Waals surface area contributed by atoms with Crippen LogP contribution >= 0.6 is 11.6 Å². The molecule has 2 bridgehead atoms. The number of fused-ring (bicyclic) bond motifs is 4. The number of nitrogens with one attached hydrogen (secondary N) is 1. The number of aromatic nitrogens is 2. The first-order valence-corrected chi connectivity index (χ1v) is 18.4. The Kier molecular flexibility index (Phi) is 9.99. The van der Waals surface area contributed by atoms with Gasteiger partial charge in [-0.15, -0.1) is 0 Å². The van der Waals surface area contributed by atoms with E-state index in [2.05, 4.69) is 34.1 Å². The maximum absolute atomic E-state index is 17.0. The first-order chi connectivity index (χ1) is 23.6. The summed E-state index contributed by atoms with van der Waals surface area (Å²) < 4.78 is 37.6. The van der Waals surface area contributed by atoms with Crippen LogP contribution in [-0.4, -0.2) is 90.3 Å². The zero-order chi connectivity index (χ0) is 34.3. The number of anilines is 1. The van der Waals surface area contributed by atoms with Crippen molar-refractivity contribution in [3.05, 3.63) is 74.0 Å². The highest BCUT2D eigenvalue weighted by molar-refractivity contribution is 6.31. The van der Waals surface area contributed by atoms with Crippen LogP contribution in [0.5, 0.6) is 6.01 Å². The lowest BCUT2D eigenvalue weighted by Crippen LogP contribution is -2.54. The molecule has 49 heavy (non-hydrogen) atoms. The molecular formula is C39H49ClF2N6O. The molecule has 5 heterocycles. The standard InChI is InChI=1S/C39H49ClF2N6O/c1-5-27-20-26(10-15-33(27)41)9-6-8-25(2)34-32(40)14-13-31-36(35(34)42)44-38(45-37(31)47-21-28-11-12-29(22-47)43-28)49-24-39-17-7-19-48(39)30(16-18-39)23-46(3)4/h6,8-10,13,15,20,28-30,43H,5,7,11-12,14,16-19,21-24H2,1-4H3/b9-6-,25-8+. The maximum atomic E-state index is 17.0. The van der Waals surface area contributed by atoms with E-state index in [9.17, 15) is 4.39 Å². The van der Waals surface area contributed by atoms with Crippen molar-refractivity contribution in [1.29, 1.82) is 0 Å². The van der Waals surface area contributed by atoms with Crippen LogP contribution in [-0.2, 0) is 6.42 Å². The number of hydrogen-bond acceptors (Lipinski definition) is 7. The molecule has 2 aromatic rings. The van der Waals surface area contributed by atoms with Crippen LogP contribution in [0.4, 0.5) is 14.6 Å². The maximum Gasteiger partial charge on any atom is 0.319 e. The molecule has 4 saturated heterocycles. The molecule has 0 saturated carbocycles. The molecule has 5 aliphatic rings. The van der Waals surface area contributed by atoms with Crippen molar-refractivity contribution >= 4 is 35.4 Å². The highest BCUT2D eigenvalue weighted by Crippen LogP contribution is 2.43. The molecule has 0 radical (unpaired) electrons. The average Bonchev–Trinajstić information content (AvgIpc) is 3.73. The smallest absolute Gasteiger partial charge is 0.319 e. The summed E-state index contributed by atoms with van der Waals surface area (Å²) in [6, 6.07) is 6.57. The fourth-order valence-electron chi connectivity index (χ4n) is 8.77. The Labute approximate surface area is 294 Å². The van der Waals surface area contributed by atoms with Gasteiger partial charge in [-0.1, -0.05) is 48.9 Å². The van der Waals surface area contributed by atoms with Gasteiger partial charge in [0.15, 0.2) is 5.83 Å². The Balaban J connectivity index is 1.24. The Morgan fingerprint density at radius 1 is 1.14 bits per heavy atom. The molecule has 10 heteroatoms. The topological polar surface area (TPSA) is 56.8 Å². The van der Waals surface area contributed by atoms with Gasteiger partial charge in [0.25, 0.3) is 0 Å². The molecule has 262 valence electrons. The number of halogens is 3. The second kappa shape index (κ2) is 14.3. The number of ether oxygens (including phenoxy) is 1.